The number of piperidine rings is 1. The second-order valence-electron chi connectivity index (χ2n) is 9.82. The third-order valence-corrected chi connectivity index (χ3v) is 9.06. The molecule has 6 atom stereocenters. The molecule has 4 aliphatic rings. The fraction of sp³-hybridized carbons (Fsp3) is 0.696. The highest BCUT2D eigenvalue weighted by Crippen LogP contribution is 2.78. The van der Waals surface area contributed by atoms with Gasteiger partial charge >= 0.3 is 5.97 Å². The molecule has 30 heavy (non-hydrogen) atoms. The van der Waals surface area contributed by atoms with Crippen LogP contribution in [0.2, 0.25) is 0 Å². The molecular formula is C23H30BrN3O3. The predicted octanol–water partition coefficient (Wildman–Crippen LogP) is 3.93. The van der Waals surface area contributed by atoms with E-state index in [9.17, 15) is 14.7 Å². The van der Waals surface area contributed by atoms with Gasteiger partial charge in [-0.2, -0.15) is 0 Å². The van der Waals surface area contributed by atoms with E-state index in [-0.39, 0.29) is 23.2 Å². The van der Waals surface area contributed by atoms with Gasteiger partial charge in [0.1, 0.15) is 4.60 Å². The van der Waals surface area contributed by atoms with Crippen LogP contribution in [0.5, 0.6) is 0 Å². The maximum Gasteiger partial charge on any atom is 0.307 e. The van der Waals surface area contributed by atoms with Crippen molar-refractivity contribution >= 4 is 33.5 Å². The van der Waals surface area contributed by atoms with E-state index in [4.69, 9.17) is 0 Å². The number of carbonyl (C=O) groups excluding carboxylic acids is 1. The normalized spacial score (nSPS) is 37.4. The Balaban J connectivity index is 1.30. The SMILES string of the molecule is O=C(O)[C@H]1[C@H](C(=O)Nc2ccc(Br)nc2)[C@@H]2CC[C@H]1C21CC1CCC1CCNCC1. The molecule has 1 aromatic heterocycles. The van der Waals surface area contributed by atoms with Crippen LogP contribution in [-0.4, -0.2) is 35.1 Å². The van der Waals surface area contributed by atoms with Crippen molar-refractivity contribution in [1.29, 1.82) is 0 Å². The van der Waals surface area contributed by atoms with Crippen molar-refractivity contribution in [2.24, 2.45) is 40.9 Å². The Morgan fingerprint density at radius 3 is 2.53 bits per heavy atom. The van der Waals surface area contributed by atoms with E-state index < -0.39 is 17.8 Å². The number of halogens is 1. The average Bonchev–Trinajstić information content (AvgIpc) is 3.28. The number of aliphatic carboxylic acids is 1. The van der Waals surface area contributed by atoms with E-state index >= 15 is 0 Å². The number of nitrogens with zero attached hydrogens (tertiary/aromatic N) is 1. The van der Waals surface area contributed by atoms with Gasteiger partial charge in [0.2, 0.25) is 5.91 Å². The Kier molecular flexibility index (Phi) is 5.38. The van der Waals surface area contributed by atoms with Crippen LogP contribution in [-0.2, 0) is 9.59 Å². The van der Waals surface area contributed by atoms with E-state index in [1.54, 1.807) is 18.3 Å². The fourth-order valence-electron chi connectivity index (χ4n) is 7.30. The van der Waals surface area contributed by atoms with Crippen molar-refractivity contribution in [3.8, 4) is 0 Å². The van der Waals surface area contributed by atoms with Gasteiger partial charge in [-0.05, 0) is 109 Å². The molecule has 5 rings (SSSR count). The van der Waals surface area contributed by atoms with Crippen LogP contribution in [0.1, 0.15) is 44.9 Å². The molecule has 1 amide bonds. The van der Waals surface area contributed by atoms with Gasteiger partial charge in [-0.3, -0.25) is 9.59 Å². The van der Waals surface area contributed by atoms with Crippen molar-refractivity contribution in [3.63, 3.8) is 0 Å². The van der Waals surface area contributed by atoms with E-state index in [1.165, 1.54) is 25.7 Å². The summed E-state index contributed by atoms with van der Waals surface area (Å²) < 4.78 is 0.706. The lowest BCUT2D eigenvalue weighted by Crippen LogP contribution is -2.37. The number of carboxylic acids is 1. The first-order valence-corrected chi connectivity index (χ1v) is 12.2. The lowest BCUT2D eigenvalue weighted by molar-refractivity contribution is -0.148. The lowest BCUT2D eigenvalue weighted by atomic mass is 9.78. The number of aromatic nitrogens is 1. The Bertz CT molecular complexity index is 825. The highest BCUT2D eigenvalue weighted by atomic mass is 79.9. The molecule has 2 bridgehead atoms. The molecule has 1 spiro atoms. The minimum atomic E-state index is -0.792. The predicted molar refractivity (Wildman–Crippen MR) is 117 cm³/mol. The number of hydrogen-bond acceptors (Lipinski definition) is 4. The summed E-state index contributed by atoms with van der Waals surface area (Å²) in [6.45, 7) is 2.25. The van der Waals surface area contributed by atoms with Crippen LogP contribution in [0, 0.1) is 40.9 Å². The first kappa shape index (κ1) is 20.4. The third kappa shape index (κ3) is 3.38. The second-order valence-corrected chi connectivity index (χ2v) is 10.6. The largest absolute Gasteiger partial charge is 0.481 e. The first-order chi connectivity index (χ1) is 14.5. The van der Waals surface area contributed by atoms with E-state index in [0.717, 1.165) is 38.3 Å². The molecule has 1 saturated heterocycles. The van der Waals surface area contributed by atoms with Gasteiger partial charge in [0.05, 0.1) is 23.7 Å². The first-order valence-electron chi connectivity index (χ1n) is 11.4. The molecule has 0 aromatic carbocycles. The minimum Gasteiger partial charge on any atom is -0.481 e. The summed E-state index contributed by atoms with van der Waals surface area (Å²) in [5.41, 5.74) is 0.734. The molecule has 4 fully saturated rings. The summed E-state index contributed by atoms with van der Waals surface area (Å²) in [6, 6.07) is 3.58. The van der Waals surface area contributed by atoms with Gasteiger partial charge in [-0.1, -0.05) is 6.42 Å². The van der Waals surface area contributed by atoms with Crippen molar-refractivity contribution in [1.82, 2.24) is 10.3 Å². The summed E-state index contributed by atoms with van der Waals surface area (Å²) in [4.78, 5) is 29.6. The molecule has 2 unspecified atom stereocenters. The van der Waals surface area contributed by atoms with Crippen molar-refractivity contribution in [2.45, 2.75) is 44.9 Å². The molecule has 1 aliphatic heterocycles. The summed E-state index contributed by atoms with van der Waals surface area (Å²) in [5.74, 6) is -0.102. The van der Waals surface area contributed by atoms with E-state index in [2.05, 4.69) is 31.5 Å². The Labute approximate surface area is 185 Å². The molecule has 3 aliphatic carbocycles. The van der Waals surface area contributed by atoms with Crippen LogP contribution >= 0.6 is 15.9 Å². The second kappa shape index (κ2) is 7.90. The standard InChI is InChI=1S/C23H30BrN3O3/c24-18-6-3-15(12-26-18)27-21(28)19-16-4-5-17(20(19)22(29)30)23(16)11-14(23)2-1-13-7-9-25-10-8-13/h3,6,12-14,16-17,19-20,25H,1-2,4-5,7-11H2,(H,27,28)(H,29,30)/t14?,16-,17+,19+,20+,23?/m0/s1. The van der Waals surface area contributed by atoms with Crippen LogP contribution in [0.3, 0.4) is 0 Å². The maximum atomic E-state index is 13.2. The smallest absolute Gasteiger partial charge is 0.307 e. The number of hydrogen-bond donors (Lipinski definition) is 3. The van der Waals surface area contributed by atoms with Crippen LogP contribution in [0.4, 0.5) is 5.69 Å². The zero-order chi connectivity index (χ0) is 20.9. The summed E-state index contributed by atoms with van der Waals surface area (Å²) in [5, 5.41) is 16.4. The summed E-state index contributed by atoms with van der Waals surface area (Å²) in [6.07, 6.45) is 9.68. The fourth-order valence-corrected chi connectivity index (χ4v) is 7.54. The number of carboxylic acid groups (broad SMARTS) is 1. The number of amides is 1. The quantitative estimate of drug-likeness (QED) is 0.542. The van der Waals surface area contributed by atoms with Gasteiger partial charge in [0.25, 0.3) is 0 Å². The lowest BCUT2D eigenvalue weighted by Gasteiger charge is -2.26. The summed E-state index contributed by atoms with van der Waals surface area (Å²) in [7, 11) is 0. The van der Waals surface area contributed by atoms with Gasteiger partial charge in [-0.15, -0.1) is 0 Å². The molecule has 3 saturated carbocycles. The van der Waals surface area contributed by atoms with Gasteiger partial charge < -0.3 is 15.7 Å². The Hall–Kier alpha value is -1.47. The molecule has 0 radical (unpaired) electrons. The monoisotopic (exact) mass is 475 g/mol. The average molecular weight is 476 g/mol. The Morgan fingerprint density at radius 1 is 1.13 bits per heavy atom. The molecule has 7 heteroatoms. The number of pyridine rings is 1. The maximum absolute atomic E-state index is 13.2. The van der Waals surface area contributed by atoms with Crippen molar-refractivity contribution < 1.29 is 14.7 Å². The molecule has 162 valence electrons. The highest BCUT2D eigenvalue weighted by Gasteiger charge is 2.75. The molecular weight excluding hydrogens is 446 g/mol. The molecule has 6 nitrogen and oxygen atoms in total. The Morgan fingerprint density at radius 2 is 1.87 bits per heavy atom. The topological polar surface area (TPSA) is 91.3 Å². The van der Waals surface area contributed by atoms with Crippen LogP contribution in [0.15, 0.2) is 22.9 Å². The molecule has 2 heterocycles. The summed E-state index contributed by atoms with van der Waals surface area (Å²) >= 11 is 3.30. The third-order valence-electron chi connectivity index (χ3n) is 8.59. The van der Waals surface area contributed by atoms with Crippen molar-refractivity contribution in [3.05, 3.63) is 22.9 Å². The minimum absolute atomic E-state index is 0.107. The van der Waals surface area contributed by atoms with Crippen molar-refractivity contribution in [2.75, 3.05) is 18.4 Å². The number of rotatable bonds is 6. The number of anilines is 1. The highest BCUT2D eigenvalue weighted by molar-refractivity contribution is 9.10. The molecule has 3 N–H and O–H groups in total. The van der Waals surface area contributed by atoms with Gasteiger partial charge in [0.15, 0.2) is 0 Å². The molecule has 1 aromatic rings. The van der Waals surface area contributed by atoms with E-state index in [0.29, 0.717) is 16.2 Å². The zero-order valence-corrected chi connectivity index (χ0v) is 18.7. The van der Waals surface area contributed by atoms with Crippen LogP contribution in [0.25, 0.3) is 0 Å². The van der Waals surface area contributed by atoms with Gasteiger partial charge in [0, 0.05) is 0 Å². The van der Waals surface area contributed by atoms with Gasteiger partial charge in [-0.25, -0.2) is 4.98 Å². The van der Waals surface area contributed by atoms with Crippen LogP contribution < -0.4 is 10.6 Å². The number of nitrogens with one attached hydrogen (secondary N) is 2. The van der Waals surface area contributed by atoms with E-state index in [1.807, 2.05) is 0 Å². The number of carbonyl (C=O) groups is 2. The zero-order valence-electron chi connectivity index (χ0n) is 17.1.